The summed E-state index contributed by atoms with van der Waals surface area (Å²) < 4.78 is 21.5. The Morgan fingerprint density at radius 3 is 2.79 bits per heavy atom. The van der Waals surface area contributed by atoms with Gasteiger partial charge in [0.25, 0.3) is 5.56 Å². The quantitative estimate of drug-likeness (QED) is 0.736. The number of aliphatic hydroxyl groups is 1. The molecule has 3 aliphatic heterocycles. The highest BCUT2D eigenvalue weighted by Crippen LogP contribution is 2.39. The molecule has 0 amide bonds. The molecule has 0 radical (unpaired) electrons. The normalized spacial score (nSPS) is 23.5. The van der Waals surface area contributed by atoms with Crippen molar-refractivity contribution in [2.45, 2.75) is 71.1 Å². The summed E-state index contributed by atoms with van der Waals surface area (Å²) in [6.07, 6.45) is 6.72. The van der Waals surface area contributed by atoms with Crippen molar-refractivity contribution in [2.75, 3.05) is 19.6 Å². The van der Waals surface area contributed by atoms with Crippen molar-refractivity contribution >= 4 is 5.57 Å². The number of halogens is 1. The van der Waals surface area contributed by atoms with Crippen LogP contribution in [0.25, 0.3) is 5.57 Å². The van der Waals surface area contributed by atoms with Gasteiger partial charge < -0.3 is 14.7 Å². The van der Waals surface area contributed by atoms with E-state index in [-0.39, 0.29) is 17.5 Å². The smallest absolute Gasteiger partial charge is 0.257 e. The second-order valence-corrected chi connectivity index (χ2v) is 9.98. The third-order valence-electron chi connectivity index (χ3n) is 7.61. The third kappa shape index (κ3) is 4.56. The van der Waals surface area contributed by atoms with Crippen LogP contribution in [-0.4, -0.2) is 45.3 Å². The molecule has 2 unspecified atom stereocenters. The maximum atomic E-state index is 13.8. The van der Waals surface area contributed by atoms with Crippen LogP contribution in [0.4, 0.5) is 4.39 Å². The van der Waals surface area contributed by atoms with Gasteiger partial charge in [0, 0.05) is 42.4 Å². The van der Waals surface area contributed by atoms with Gasteiger partial charge in [-0.25, -0.2) is 9.37 Å². The number of rotatable bonds is 4. The lowest BCUT2D eigenvalue weighted by molar-refractivity contribution is 0.129. The summed E-state index contributed by atoms with van der Waals surface area (Å²) >= 11 is 0. The van der Waals surface area contributed by atoms with Crippen molar-refractivity contribution in [3.05, 3.63) is 63.1 Å². The number of aromatic nitrogens is 2. The lowest BCUT2D eigenvalue weighted by Crippen LogP contribution is -2.38. The van der Waals surface area contributed by atoms with Crippen LogP contribution < -0.4 is 10.3 Å². The van der Waals surface area contributed by atoms with E-state index in [2.05, 4.69) is 16.0 Å². The third-order valence-corrected chi connectivity index (χ3v) is 7.61. The highest BCUT2D eigenvalue weighted by Gasteiger charge is 2.28. The second-order valence-electron chi connectivity index (χ2n) is 9.98. The standard InChI is InChI=1S/C27H34FN3O3/c1-17-5-7-22(23-8-6-20(28)16-25(23)34-17)19-9-13-30(14-10-19)15-11-21-18(2)29-26-24(32)4-3-12-31(26)27(21)33/h6-8,16-17,19,24,32H,3-5,9-15H2,1-2H3. The van der Waals surface area contributed by atoms with Crippen LogP contribution in [0.3, 0.4) is 0 Å². The molecule has 1 N–H and O–H groups in total. The van der Waals surface area contributed by atoms with Crippen LogP contribution in [0.2, 0.25) is 0 Å². The van der Waals surface area contributed by atoms with E-state index < -0.39 is 6.10 Å². The highest BCUT2D eigenvalue weighted by atomic mass is 19.1. The molecule has 3 aliphatic rings. The van der Waals surface area contributed by atoms with E-state index in [0.717, 1.165) is 62.1 Å². The van der Waals surface area contributed by atoms with Gasteiger partial charge in [0.1, 0.15) is 23.5 Å². The predicted octanol–water partition coefficient (Wildman–Crippen LogP) is 4.03. The van der Waals surface area contributed by atoms with Crippen LogP contribution in [0, 0.1) is 18.7 Å². The number of benzene rings is 1. The number of aryl methyl sites for hydroxylation is 1. The fourth-order valence-corrected chi connectivity index (χ4v) is 5.68. The Morgan fingerprint density at radius 1 is 1.21 bits per heavy atom. The molecule has 0 spiro atoms. The zero-order valence-corrected chi connectivity index (χ0v) is 20.1. The van der Waals surface area contributed by atoms with Crippen LogP contribution in [0.15, 0.2) is 29.1 Å². The Labute approximate surface area is 200 Å². The molecule has 0 bridgehead atoms. The highest BCUT2D eigenvalue weighted by molar-refractivity contribution is 5.73. The predicted molar refractivity (Wildman–Crippen MR) is 129 cm³/mol. The minimum absolute atomic E-state index is 0.0118. The number of hydrogen-bond acceptors (Lipinski definition) is 5. The summed E-state index contributed by atoms with van der Waals surface area (Å²) in [5.41, 5.74) is 3.83. The topological polar surface area (TPSA) is 67.6 Å². The van der Waals surface area contributed by atoms with E-state index in [4.69, 9.17) is 4.74 Å². The van der Waals surface area contributed by atoms with Gasteiger partial charge >= 0.3 is 0 Å². The molecule has 4 heterocycles. The van der Waals surface area contributed by atoms with Crippen LogP contribution >= 0.6 is 0 Å². The van der Waals surface area contributed by atoms with Crippen molar-refractivity contribution in [1.82, 2.24) is 14.5 Å². The lowest BCUT2D eigenvalue weighted by atomic mass is 9.84. The van der Waals surface area contributed by atoms with Crippen molar-refractivity contribution in [3.8, 4) is 5.75 Å². The first-order valence-corrected chi connectivity index (χ1v) is 12.6. The average molecular weight is 468 g/mol. The average Bonchev–Trinajstić information content (AvgIpc) is 2.98. The Morgan fingerprint density at radius 2 is 2.00 bits per heavy atom. The molecule has 5 rings (SSSR count). The molecular weight excluding hydrogens is 433 g/mol. The van der Waals surface area contributed by atoms with Crippen molar-refractivity contribution in [3.63, 3.8) is 0 Å². The zero-order valence-electron chi connectivity index (χ0n) is 20.1. The van der Waals surface area contributed by atoms with Crippen molar-refractivity contribution < 1.29 is 14.2 Å². The van der Waals surface area contributed by atoms with Gasteiger partial charge in [-0.3, -0.25) is 9.36 Å². The van der Waals surface area contributed by atoms with Gasteiger partial charge in [0.05, 0.1) is 6.10 Å². The number of likely N-dealkylation sites (tertiary alicyclic amines) is 1. The molecule has 1 fully saturated rings. The molecule has 0 saturated carbocycles. The minimum Gasteiger partial charge on any atom is -0.490 e. The number of fused-ring (bicyclic) bond motifs is 2. The van der Waals surface area contributed by atoms with E-state index in [1.165, 1.54) is 17.7 Å². The van der Waals surface area contributed by atoms with Gasteiger partial charge in [-0.15, -0.1) is 0 Å². The van der Waals surface area contributed by atoms with Crippen molar-refractivity contribution in [1.29, 1.82) is 0 Å². The monoisotopic (exact) mass is 467 g/mol. The minimum atomic E-state index is -0.637. The first-order valence-electron chi connectivity index (χ1n) is 12.6. The van der Waals surface area contributed by atoms with Crippen LogP contribution in [0.5, 0.6) is 5.75 Å². The molecular formula is C27H34FN3O3. The largest absolute Gasteiger partial charge is 0.490 e. The first kappa shape index (κ1) is 23.2. The molecule has 2 atom stereocenters. The number of ether oxygens (including phenoxy) is 1. The maximum Gasteiger partial charge on any atom is 0.257 e. The number of hydrogen-bond donors (Lipinski definition) is 1. The summed E-state index contributed by atoms with van der Waals surface area (Å²) in [6.45, 7) is 7.30. The molecule has 1 aromatic heterocycles. The summed E-state index contributed by atoms with van der Waals surface area (Å²) in [4.78, 5) is 20.1. The Kier molecular flexibility index (Phi) is 6.58. The summed E-state index contributed by atoms with van der Waals surface area (Å²) in [5.74, 6) is 1.33. The van der Waals surface area contributed by atoms with Gasteiger partial charge in [-0.05, 0) is 82.7 Å². The molecule has 2 aromatic rings. The van der Waals surface area contributed by atoms with Gasteiger partial charge in [-0.2, -0.15) is 0 Å². The fraction of sp³-hybridized carbons (Fsp3) is 0.556. The van der Waals surface area contributed by atoms with Gasteiger partial charge in [-0.1, -0.05) is 6.08 Å². The van der Waals surface area contributed by atoms with E-state index in [1.54, 1.807) is 4.57 Å². The second kappa shape index (κ2) is 9.62. The van der Waals surface area contributed by atoms with Crippen LogP contribution in [0.1, 0.15) is 67.8 Å². The number of aliphatic hydroxyl groups excluding tert-OH is 1. The van der Waals surface area contributed by atoms with E-state index in [0.29, 0.717) is 36.9 Å². The fourth-order valence-electron chi connectivity index (χ4n) is 5.68. The Hall–Kier alpha value is -2.51. The van der Waals surface area contributed by atoms with Crippen molar-refractivity contribution in [2.24, 2.45) is 5.92 Å². The van der Waals surface area contributed by atoms with E-state index in [9.17, 15) is 14.3 Å². The van der Waals surface area contributed by atoms with Crippen LogP contribution in [-0.2, 0) is 13.0 Å². The van der Waals surface area contributed by atoms with Gasteiger partial charge in [0.2, 0.25) is 0 Å². The molecule has 0 aliphatic carbocycles. The van der Waals surface area contributed by atoms with Gasteiger partial charge in [0.15, 0.2) is 0 Å². The lowest BCUT2D eigenvalue weighted by Gasteiger charge is -2.33. The number of nitrogens with zero attached hydrogens (tertiary/aromatic N) is 3. The molecule has 34 heavy (non-hydrogen) atoms. The van der Waals surface area contributed by atoms with E-state index >= 15 is 0 Å². The maximum absolute atomic E-state index is 13.8. The Balaban J connectivity index is 1.25. The molecule has 1 saturated heterocycles. The molecule has 1 aromatic carbocycles. The Bertz CT molecular complexity index is 1150. The summed E-state index contributed by atoms with van der Waals surface area (Å²) in [5, 5.41) is 10.2. The SMILES string of the molecule is Cc1nc2n(c(=O)c1CCN1CCC(C3=CCC(C)Oc4cc(F)ccc43)CC1)CCCC2O. The summed E-state index contributed by atoms with van der Waals surface area (Å²) in [7, 11) is 0. The first-order chi connectivity index (χ1) is 16.4. The number of allylic oxidation sites excluding steroid dienone is 1. The zero-order chi connectivity index (χ0) is 23.8. The summed E-state index contributed by atoms with van der Waals surface area (Å²) in [6, 6.07) is 4.89. The molecule has 182 valence electrons. The number of piperidine rings is 1. The van der Waals surface area contributed by atoms with E-state index in [1.807, 2.05) is 19.9 Å². The molecule has 6 nitrogen and oxygen atoms in total. The molecule has 7 heteroatoms.